The van der Waals surface area contributed by atoms with Crippen molar-refractivity contribution >= 4 is 28.6 Å². The van der Waals surface area contributed by atoms with E-state index in [1.165, 1.54) is 12.1 Å². The fourth-order valence-corrected chi connectivity index (χ4v) is 1.56. The molecule has 0 saturated carbocycles. The zero-order valence-electron chi connectivity index (χ0n) is 8.37. The lowest BCUT2D eigenvalue weighted by Gasteiger charge is -2.16. The summed E-state index contributed by atoms with van der Waals surface area (Å²) in [6, 6.07) is 6.35. The van der Waals surface area contributed by atoms with Gasteiger partial charge >= 0.3 is 12.1 Å². The minimum atomic E-state index is -4.81. The monoisotopic (exact) mass is 360 g/mol. The van der Waals surface area contributed by atoms with Crippen molar-refractivity contribution in [3.8, 4) is 5.75 Å². The van der Waals surface area contributed by atoms with E-state index in [0.717, 1.165) is 3.57 Å². The van der Waals surface area contributed by atoms with Crippen LogP contribution in [0.5, 0.6) is 5.75 Å². The molecule has 1 atom stereocenters. The number of hydrogen-bond acceptors (Lipinski definition) is 2. The molecule has 0 aliphatic carbocycles. The first-order chi connectivity index (χ1) is 7.80. The molecule has 17 heavy (non-hydrogen) atoms. The molecule has 1 aromatic rings. The van der Waals surface area contributed by atoms with Gasteiger partial charge in [-0.3, -0.25) is 4.79 Å². The molecule has 0 bridgehead atoms. The molecule has 1 unspecified atom stereocenters. The molecule has 1 aromatic carbocycles. The van der Waals surface area contributed by atoms with E-state index in [1.54, 1.807) is 12.1 Å². The van der Waals surface area contributed by atoms with Crippen molar-refractivity contribution in [3.63, 3.8) is 0 Å². The molecule has 0 aliphatic rings. The molecule has 3 nitrogen and oxygen atoms in total. The minimum Gasteiger partial charge on any atom is -0.492 e. The van der Waals surface area contributed by atoms with Gasteiger partial charge in [-0.2, -0.15) is 13.2 Å². The number of carboxylic acid groups (broad SMARTS) is 1. The molecule has 0 radical (unpaired) electrons. The minimum absolute atomic E-state index is 0.215. The number of alkyl halides is 3. The number of hydrogen-bond donors (Lipinski definition) is 1. The first-order valence-electron chi connectivity index (χ1n) is 4.48. The molecular formula is C10H8F3IO3. The largest absolute Gasteiger partial charge is 0.492 e. The Hall–Kier alpha value is -0.990. The van der Waals surface area contributed by atoms with Gasteiger partial charge in [-0.25, -0.2) is 0 Å². The Morgan fingerprint density at radius 1 is 1.47 bits per heavy atom. The molecule has 1 rings (SSSR count). The Morgan fingerprint density at radius 2 is 2.12 bits per heavy atom. The summed E-state index contributed by atoms with van der Waals surface area (Å²) in [5.74, 6) is -4.24. The van der Waals surface area contributed by atoms with Gasteiger partial charge in [0.25, 0.3) is 0 Å². The van der Waals surface area contributed by atoms with Crippen molar-refractivity contribution in [2.24, 2.45) is 5.92 Å². The van der Waals surface area contributed by atoms with Crippen LogP contribution in [0.1, 0.15) is 0 Å². The lowest BCUT2D eigenvalue weighted by Crippen LogP contribution is -2.35. The predicted molar refractivity (Wildman–Crippen MR) is 61.8 cm³/mol. The lowest BCUT2D eigenvalue weighted by molar-refractivity contribution is -0.198. The third-order valence-electron chi connectivity index (χ3n) is 1.91. The van der Waals surface area contributed by atoms with E-state index < -0.39 is 24.7 Å². The highest BCUT2D eigenvalue weighted by molar-refractivity contribution is 14.1. The molecular weight excluding hydrogens is 352 g/mol. The van der Waals surface area contributed by atoms with Crippen LogP contribution in [0.3, 0.4) is 0 Å². The number of benzene rings is 1. The van der Waals surface area contributed by atoms with Crippen LogP contribution in [-0.2, 0) is 4.79 Å². The summed E-state index contributed by atoms with van der Waals surface area (Å²) >= 11 is 1.97. The Morgan fingerprint density at radius 3 is 2.59 bits per heavy atom. The highest BCUT2D eigenvalue weighted by atomic mass is 127. The van der Waals surface area contributed by atoms with Crippen molar-refractivity contribution in [3.05, 3.63) is 27.8 Å². The van der Waals surface area contributed by atoms with Crippen LogP contribution in [0, 0.1) is 9.49 Å². The zero-order valence-corrected chi connectivity index (χ0v) is 10.5. The molecule has 1 N–H and O–H groups in total. The number of carbonyl (C=O) groups is 1. The van der Waals surface area contributed by atoms with Crippen molar-refractivity contribution < 1.29 is 27.8 Å². The predicted octanol–water partition coefficient (Wildman–Crippen LogP) is 2.93. The molecule has 0 spiro atoms. The number of carboxylic acids is 1. The SMILES string of the molecule is O=C(O)C(COc1cccc(I)c1)C(F)(F)F. The quantitative estimate of drug-likeness (QED) is 0.840. The second kappa shape index (κ2) is 5.56. The highest BCUT2D eigenvalue weighted by Gasteiger charge is 2.45. The number of rotatable bonds is 4. The molecule has 94 valence electrons. The maximum absolute atomic E-state index is 12.3. The van der Waals surface area contributed by atoms with Gasteiger partial charge in [0.2, 0.25) is 0 Å². The molecule has 0 saturated heterocycles. The van der Waals surface area contributed by atoms with Crippen molar-refractivity contribution in [1.29, 1.82) is 0 Å². The fourth-order valence-electron chi connectivity index (χ4n) is 1.04. The fraction of sp³-hybridized carbons (Fsp3) is 0.300. The molecule has 0 amide bonds. The highest BCUT2D eigenvalue weighted by Crippen LogP contribution is 2.27. The average molecular weight is 360 g/mol. The topological polar surface area (TPSA) is 46.5 Å². The summed E-state index contributed by atoms with van der Waals surface area (Å²) in [5, 5.41) is 8.44. The summed E-state index contributed by atoms with van der Waals surface area (Å²) in [5.41, 5.74) is 0. The van der Waals surface area contributed by atoms with Crippen LogP contribution < -0.4 is 4.74 Å². The third-order valence-corrected chi connectivity index (χ3v) is 2.58. The van der Waals surface area contributed by atoms with E-state index >= 15 is 0 Å². The van der Waals surface area contributed by atoms with Gasteiger partial charge in [0.1, 0.15) is 12.4 Å². The van der Waals surface area contributed by atoms with Crippen LogP contribution >= 0.6 is 22.6 Å². The summed E-state index contributed by atoms with van der Waals surface area (Å²) < 4.78 is 42.5. The molecule has 0 fully saturated rings. The number of halogens is 4. The van der Waals surface area contributed by atoms with E-state index in [1.807, 2.05) is 22.6 Å². The Labute approximate surface area is 109 Å². The van der Waals surface area contributed by atoms with E-state index in [-0.39, 0.29) is 5.75 Å². The smallest absolute Gasteiger partial charge is 0.405 e. The van der Waals surface area contributed by atoms with Gasteiger partial charge in [-0.15, -0.1) is 0 Å². The third kappa shape index (κ3) is 4.41. The van der Waals surface area contributed by atoms with E-state index in [9.17, 15) is 18.0 Å². The van der Waals surface area contributed by atoms with E-state index in [0.29, 0.717) is 0 Å². The Bertz CT molecular complexity index is 406. The second-order valence-electron chi connectivity index (χ2n) is 3.20. The zero-order chi connectivity index (χ0) is 13.1. The summed E-state index contributed by atoms with van der Waals surface area (Å²) in [7, 11) is 0. The standard InChI is InChI=1S/C10H8F3IO3/c11-10(12,13)8(9(15)16)5-17-7-3-1-2-6(14)4-7/h1-4,8H,5H2,(H,15,16). The maximum atomic E-state index is 12.3. The summed E-state index contributed by atoms with van der Waals surface area (Å²) in [6.07, 6.45) is -4.81. The van der Waals surface area contributed by atoms with Crippen molar-refractivity contribution in [2.75, 3.05) is 6.61 Å². The first-order valence-corrected chi connectivity index (χ1v) is 5.56. The Kier molecular flexibility index (Phi) is 4.61. The molecule has 0 aromatic heterocycles. The normalized spacial score (nSPS) is 13.2. The van der Waals surface area contributed by atoms with Gasteiger partial charge < -0.3 is 9.84 Å². The van der Waals surface area contributed by atoms with Crippen molar-refractivity contribution in [1.82, 2.24) is 0 Å². The van der Waals surface area contributed by atoms with E-state index in [2.05, 4.69) is 0 Å². The van der Waals surface area contributed by atoms with Crippen LogP contribution in [-0.4, -0.2) is 23.9 Å². The first kappa shape index (κ1) is 14.1. The second-order valence-corrected chi connectivity index (χ2v) is 4.45. The Balaban J connectivity index is 2.68. The van der Waals surface area contributed by atoms with Crippen molar-refractivity contribution in [2.45, 2.75) is 6.18 Å². The van der Waals surface area contributed by atoms with Gasteiger partial charge in [-0.1, -0.05) is 6.07 Å². The lowest BCUT2D eigenvalue weighted by atomic mass is 10.1. The van der Waals surface area contributed by atoms with E-state index in [4.69, 9.17) is 9.84 Å². The number of ether oxygens (including phenoxy) is 1. The van der Waals surface area contributed by atoms with Gasteiger partial charge in [0.15, 0.2) is 5.92 Å². The van der Waals surface area contributed by atoms with Gasteiger partial charge in [0.05, 0.1) is 0 Å². The molecule has 7 heteroatoms. The van der Waals surface area contributed by atoms with Gasteiger partial charge in [-0.05, 0) is 40.8 Å². The molecule has 0 heterocycles. The van der Waals surface area contributed by atoms with Crippen LogP contribution in [0.2, 0.25) is 0 Å². The average Bonchev–Trinajstić information content (AvgIpc) is 2.15. The van der Waals surface area contributed by atoms with Crippen LogP contribution in [0.25, 0.3) is 0 Å². The summed E-state index contributed by atoms with van der Waals surface area (Å²) in [6.45, 7) is -0.932. The van der Waals surface area contributed by atoms with Crippen LogP contribution in [0.4, 0.5) is 13.2 Å². The van der Waals surface area contributed by atoms with Gasteiger partial charge in [0, 0.05) is 3.57 Å². The van der Waals surface area contributed by atoms with Crippen LogP contribution in [0.15, 0.2) is 24.3 Å². The molecule has 0 aliphatic heterocycles. The maximum Gasteiger partial charge on any atom is 0.405 e. The number of aliphatic carboxylic acids is 1. The summed E-state index contributed by atoms with van der Waals surface area (Å²) in [4.78, 5) is 10.4.